The Bertz CT molecular complexity index is 1630. The first-order valence-electron chi connectivity index (χ1n) is 13.6. The minimum atomic E-state index is -3.66. The second-order valence-corrected chi connectivity index (χ2v) is 13.1. The maximum Gasteiger partial charge on any atom is 0.243 e. The third-order valence-electron chi connectivity index (χ3n) is 6.69. The summed E-state index contributed by atoms with van der Waals surface area (Å²) >= 11 is 7.40. The van der Waals surface area contributed by atoms with E-state index in [4.69, 9.17) is 16.3 Å². The van der Waals surface area contributed by atoms with Crippen LogP contribution in [0.15, 0.2) is 82.8 Å². The predicted molar refractivity (Wildman–Crippen MR) is 168 cm³/mol. The van der Waals surface area contributed by atoms with Crippen LogP contribution >= 0.6 is 23.4 Å². The number of sulfonamides is 1. The summed E-state index contributed by atoms with van der Waals surface area (Å²) in [6.07, 6.45) is 0.692. The Kier molecular flexibility index (Phi) is 10.7. The van der Waals surface area contributed by atoms with E-state index in [0.29, 0.717) is 59.1 Å². The zero-order chi connectivity index (χ0) is 30.3. The van der Waals surface area contributed by atoms with Crippen LogP contribution in [0.3, 0.4) is 0 Å². The van der Waals surface area contributed by atoms with Crippen LogP contribution < -0.4 is 10.1 Å². The number of carbonyl (C=O) groups excluding carboxylic acids is 1. The molecule has 1 atom stereocenters. The van der Waals surface area contributed by atoms with Crippen LogP contribution in [0, 0.1) is 0 Å². The van der Waals surface area contributed by atoms with Crippen molar-refractivity contribution in [3.8, 4) is 17.1 Å². The topological polar surface area (TPSA) is 106 Å². The number of carbonyl (C=O) groups is 1. The quantitative estimate of drug-likeness (QED) is 0.181. The van der Waals surface area contributed by atoms with Gasteiger partial charge in [0.05, 0.1) is 22.9 Å². The number of rotatable bonds is 13. The second-order valence-electron chi connectivity index (χ2n) is 9.40. The number of ether oxygens (including phenoxy) is 1. The van der Waals surface area contributed by atoms with E-state index in [2.05, 4.69) is 15.5 Å². The smallest absolute Gasteiger partial charge is 0.243 e. The highest BCUT2D eigenvalue weighted by Gasteiger charge is 2.25. The lowest BCUT2D eigenvalue weighted by Crippen LogP contribution is -2.30. The normalized spacial score (nSPS) is 12.3. The van der Waals surface area contributed by atoms with Crippen LogP contribution in [-0.4, -0.2) is 58.8 Å². The number of nitrogens with one attached hydrogen (secondary N) is 1. The number of anilines is 1. The lowest BCUT2D eigenvalue weighted by Gasteiger charge is -2.19. The molecule has 0 radical (unpaired) electrons. The number of amides is 1. The second kappa shape index (κ2) is 14.2. The Balaban J connectivity index is 1.65. The fourth-order valence-electron chi connectivity index (χ4n) is 4.41. The largest absolute Gasteiger partial charge is 0.495 e. The summed E-state index contributed by atoms with van der Waals surface area (Å²) < 4.78 is 35.2. The van der Waals surface area contributed by atoms with Gasteiger partial charge in [0.1, 0.15) is 5.75 Å². The summed E-state index contributed by atoms with van der Waals surface area (Å²) in [4.78, 5) is 13.4. The average molecular weight is 628 g/mol. The van der Waals surface area contributed by atoms with Crippen molar-refractivity contribution in [2.75, 3.05) is 25.5 Å². The van der Waals surface area contributed by atoms with Crippen molar-refractivity contribution in [2.45, 2.75) is 49.0 Å². The Hall–Kier alpha value is -3.38. The summed E-state index contributed by atoms with van der Waals surface area (Å²) in [7, 11) is -2.14. The first-order chi connectivity index (χ1) is 20.2. The summed E-state index contributed by atoms with van der Waals surface area (Å²) in [5.41, 5.74) is 2.22. The number of hydrogen-bond acceptors (Lipinski definition) is 7. The molecule has 12 heteroatoms. The van der Waals surface area contributed by atoms with Gasteiger partial charge in [-0.05, 0) is 49.2 Å². The van der Waals surface area contributed by atoms with Crippen LogP contribution in [0.25, 0.3) is 11.4 Å². The first-order valence-corrected chi connectivity index (χ1v) is 16.3. The number of aryl methyl sites for hydroxylation is 1. The predicted octanol–water partition coefficient (Wildman–Crippen LogP) is 6.00. The van der Waals surface area contributed by atoms with E-state index in [1.54, 1.807) is 43.3 Å². The standard InChI is InChI=1S/C30H34ClN5O4S2/c1-5-35(6-2)42(38,39)25-14-10-13-23(19-25)28-33-34-30(36(28)18-17-22-11-8-7-9-12-22)41-21(3)29(37)32-26-20-24(31)15-16-27(26)40-4/h7-16,19-21H,5-6,17-18H2,1-4H3,(H,32,37). The van der Waals surface area contributed by atoms with Gasteiger partial charge in [0, 0.05) is 30.2 Å². The van der Waals surface area contributed by atoms with Crippen LogP contribution in [0.5, 0.6) is 5.75 Å². The molecule has 4 aromatic rings. The van der Waals surface area contributed by atoms with Gasteiger partial charge < -0.3 is 14.6 Å². The van der Waals surface area contributed by atoms with E-state index in [1.807, 2.05) is 54.8 Å². The Morgan fingerprint density at radius 1 is 1.05 bits per heavy atom. The highest BCUT2D eigenvalue weighted by atomic mass is 35.5. The van der Waals surface area contributed by atoms with E-state index < -0.39 is 15.3 Å². The van der Waals surface area contributed by atoms with E-state index in [-0.39, 0.29) is 10.8 Å². The summed E-state index contributed by atoms with van der Waals surface area (Å²) in [5.74, 6) is 0.763. The van der Waals surface area contributed by atoms with Gasteiger partial charge in [-0.3, -0.25) is 4.79 Å². The van der Waals surface area contributed by atoms with E-state index >= 15 is 0 Å². The van der Waals surface area contributed by atoms with Crippen molar-refractivity contribution in [2.24, 2.45) is 0 Å². The molecular weight excluding hydrogens is 594 g/mol. The molecule has 1 aromatic heterocycles. The molecule has 0 aliphatic rings. The molecule has 0 spiro atoms. The number of aromatic nitrogens is 3. The van der Waals surface area contributed by atoms with Gasteiger partial charge in [0.15, 0.2) is 11.0 Å². The molecule has 0 saturated heterocycles. The van der Waals surface area contributed by atoms with Crippen molar-refractivity contribution in [3.05, 3.63) is 83.4 Å². The highest BCUT2D eigenvalue weighted by Crippen LogP contribution is 2.32. The van der Waals surface area contributed by atoms with Gasteiger partial charge >= 0.3 is 0 Å². The summed E-state index contributed by atoms with van der Waals surface area (Å²) in [5, 5.41) is 12.2. The molecule has 4 rings (SSSR count). The van der Waals surface area contributed by atoms with Gasteiger partial charge in [-0.25, -0.2) is 8.42 Å². The maximum absolute atomic E-state index is 13.2. The van der Waals surface area contributed by atoms with Crippen LogP contribution in [0.2, 0.25) is 5.02 Å². The van der Waals surface area contributed by atoms with Gasteiger partial charge in [0.25, 0.3) is 0 Å². The zero-order valence-electron chi connectivity index (χ0n) is 24.0. The SMILES string of the molecule is CCN(CC)S(=O)(=O)c1cccc(-c2nnc(SC(C)C(=O)Nc3cc(Cl)ccc3OC)n2CCc2ccccc2)c1. The molecule has 1 amide bonds. The van der Waals surface area contributed by atoms with E-state index in [9.17, 15) is 13.2 Å². The van der Waals surface area contributed by atoms with Crippen molar-refractivity contribution in [1.82, 2.24) is 19.1 Å². The average Bonchev–Trinajstić information content (AvgIpc) is 3.39. The zero-order valence-corrected chi connectivity index (χ0v) is 26.3. The minimum Gasteiger partial charge on any atom is -0.495 e. The Morgan fingerprint density at radius 2 is 1.79 bits per heavy atom. The number of thioether (sulfide) groups is 1. The van der Waals surface area contributed by atoms with Crippen molar-refractivity contribution >= 4 is 45.0 Å². The fourth-order valence-corrected chi connectivity index (χ4v) is 6.96. The highest BCUT2D eigenvalue weighted by molar-refractivity contribution is 8.00. The lowest BCUT2D eigenvalue weighted by molar-refractivity contribution is -0.115. The number of halogens is 1. The van der Waals surface area contributed by atoms with Gasteiger partial charge in [-0.15, -0.1) is 10.2 Å². The van der Waals surface area contributed by atoms with E-state index in [0.717, 1.165) is 5.56 Å². The molecule has 0 fully saturated rings. The third kappa shape index (κ3) is 7.33. The molecule has 0 aliphatic heterocycles. The van der Waals surface area contributed by atoms with Crippen molar-refractivity contribution in [1.29, 1.82) is 0 Å². The molecule has 1 heterocycles. The molecule has 1 N–H and O–H groups in total. The minimum absolute atomic E-state index is 0.193. The number of benzene rings is 3. The third-order valence-corrected chi connectivity index (χ3v) is 10.1. The van der Waals surface area contributed by atoms with Crippen molar-refractivity contribution in [3.63, 3.8) is 0 Å². The van der Waals surface area contributed by atoms with Crippen LogP contribution in [-0.2, 0) is 27.8 Å². The molecule has 0 bridgehead atoms. The molecule has 0 aliphatic carbocycles. The maximum atomic E-state index is 13.2. The summed E-state index contributed by atoms with van der Waals surface area (Å²) in [6, 6.07) is 21.8. The Labute approximate surface area is 256 Å². The molecule has 42 heavy (non-hydrogen) atoms. The van der Waals surface area contributed by atoms with Gasteiger partial charge in [0.2, 0.25) is 15.9 Å². The molecule has 1 unspecified atom stereocenters. The summed E-state index contributed by atoms with van der Waals surface area (Å²) in [6.45, 7) is 6.68. The van der Waals surface area contributed by atoms with Crippen molar-refractivity contribution < 1.29 is 17.9 Å². The number of methoxy groups -OCH3 is 1. The lowest BCUT2D eigenvalue weighted by atomic mass is 10.1. The number of hydrogen-bond donors (Lipinski definition) is 1. The van der Waals surface area contributed by atoms with E-state index in [1.165, 1.54) is 23.2 Å². The van der Waals surface area contributed by atoms with Gasteiger partial charge in [-0.1, -0.05) is 79.7 Å². The Morgan fingerprint density at radius 3 is 2.48 bits per heavy atom. The van der Waals surface area contributed by atoms with Crippen LogP contribution in [0.4, 0.5) is 5.69 Å². The number of nitrogens with zero attached hydrogens (tertiary/aromatic N) is 4. The first kappa shape index (κ1) is 31.6. The molecule has 9 nitrogen and oxygen atoms in total. The molecule has 3 aromatic carbocycles. The fraction of sp³-hybridized carbons (Fsp3) is 0.300. The molecular formula is C30H34ClN5O4S2. The van der Waals surface area contributed by atoms with Gasteiger partial charge in [-0.2, -0.15) is 4.31 Å². The van der Waals surface area contributed by atoms with Crippen LogP contribution in [0.1, 0.15) is 26.3 Å². The molecule has 222 valence electrons. The monoisotopic (exact) mass is 627 g/mol. The molecule has 0 saturated carbocycles.